The quantitative estimate of drug-likeness (QED) is 0.565. The molecule has 0 saturated carbocycles. The molecular weight excluding hydrogens is 306 g/mol. The van der Waals surface area contributed by atoms with Gasteiger partial charge in [0.05, 0.1) is 0 Å². The predicted molar refractivity (Wildman–Crippen MR) is 91.1 cm³/mol. The van der Waals surface area contributed by atoms with E-state index in [9.17, 15) is 14.4 Å². The van der Waals surface area contributed by atoms with Crippen molar-refractivity contribution < 1.29 is 14.4 Å². The smallest absolute Gasteiger partial charge is 0.325 e. The van der Waals surface area contributed by atoms with Gasteiger partial charge < -0.3 is 10.6 Å². The van der Waals surface area contributed by atoms with E-state index in [1.165, 1.54) is 0 Å². The van der Waals surface area contributed by atoms with E-state index in [1.54, 1.807) is 6.08 Å². The first-order valence-corrected chi connectivity index (χ1v) is 8.12. The van der Waals surface area contributed by atoms with Gasteiger partial charge in [0.15, 0.2) is 0 Å². The molecule has 1 unspecified atom stereocenters. The van der Waals surface area contributed by atoms with Crippen LogP contribution >= 0.6 is 0 Å². The van der Waals surface area contributed by atoms with Crippen molar-refractivity contribution in [3.63, 3.8) is 0 Å². The highest BCUT2D eigenvalue weighted by atomic mass is 16.2. The number of hydrogen-bond acceptors (Lipinski definition) is 3. The summed E-state index contributed by atoms with van der Waals surface area (Å²) in [5.74, 6) is -0.765. The van der Waals surface area contributed by atoms with Crippen LogP contribution in [-0.2, 0) is 15.1 Å². The molecule has 1 aliphatic heterocycles. The van der Waals surface area contributed by atoms with E-state index in [0.29, 0.717) is 13.0 Å². The molecule has 1 atom stereocenters. The fourth-order valence-corrected chi connectivity index (χ4v) is 2.83. The van der Waals surface area contributed by atoms with Gasteiger partial charge in [-0.05, 0) is 12.0 Å². The molecule has 1 aromatic rings. The summed E-state index contributed by atoms with van der Waals surface area (Å²) in [5, 5.41) is 5.40. The number of hydrogen-bond donors (Lipinski definition) is 2. The summed E-state index contributed by atoms with van der Waals surface area (Å²) in [6.45, 7) is 5.55. The largest absolute Gasteiger partial charge is 0.351 e. The Balaban J connectivity index is 2.26. The molecule has 0 aromatic heterocycles. The lowest BCUT2D eigenvalue weighted by Crippen LogP contribution is -2.45. The zero-order valence-electron chi connectivity index (χ0n) is 13.9. The highest BCUT2D eigenvalue weighted by Crippen LogP contribution is 2.33. The van der Waals surface area contributed by atoms with E-state index in [1.807, 2.05) is 37.3 Å². The van der Waals surface area contributed by atoms with Crippen LogP contribution in [0.5, 0.6) is 0 Å². The van der Waals surface area contributed by atoms with Crippen LogP contribution in [0, 0.1) is 0 Å². The molecule has 1 fully saturated rings. The minimum atomic E-state index is -1.09. The Morgan fingerprint density at radius 2 is 2.04 bits per heavy atom. The Hall–Kier alpha value is -2.63. The molecular formula is C18H23N3O3. The third-order valence-corrected chi connectivity index (χ3v) is 4.09. The van der Waals surface area contributed by atoms with Gasteiger partial charge >= 0.3 is 6.03 Å². The third-order valence-electron chi connectivity index (χ3n) is 4.09. The van der Waals surface area contributed by atoms with Gasteiger partial charge in [-0.15, -0.1) is 6.58 Å². The Kier molecular flexibility index (Phi) is 5.73. The lowest BCUT2D eigenvalue weighted by atomic mass is 9.85. The van der Waals surface area contributed by atoms with Gasteiger partial charge in [0, 0.05) is 6.54 Å². The summed E-state index contributed by atoms with van der Waals surface area (Å²) >= 11 is 0. The van der Waals surface area contributed by atoms with Crippen LogP contribution in [0.25, 0.3) is 0 Å². The third kappa shape index (κ3) is 3.48. The van der Waals surface area contributed by atoms with Crippen molar-refractivity contribution in [2.24, 2.45) is 0 Å². The van der Waals surface area contributed by atoms with Crippen LogP contribution in [-0.4, -0.2) is 35.8 Å². The van der Waals surface area contributed by atoms with E-state index < -0.39 is 17.5 Å². The van der Waals surface area contributed by atoms with Crippen LogP contribution in [0.2, 0.25) is 0 Å². The number of urea groups is 1. The molecule has 1 aromatic carbocycles. The molecule has 0 spiro atoms. The molecule has 128 valence electrons. The molecule has 4 amide bonds. The number of benzene rings is 1. The minimum absolute atomic E-state index is 0.292. The second-order valence-electron chi connectivity index (χ2n) is 5.79. The first kappa shape index (κ1) is 17.7. The van der Waals surface area contributed by atoms with E-state index in [-0.39, 0.29) is 12.5 Å². The zero-order chi connectivity index (χ0) is 17.6. The minimum Gasteiger partial charge on any atom is -0.351 e. The Bertz CT molecular complexity index is 630. The molecule has 2 N–H and O–H groups in total. The standard InChI is InChI=1S/C18H23N3O3/c1-3-5-11-18(14-9-7-6-8-10-14)16(23)21(17(24)20-18)13-15(22)19-12-4-2/h4,6-10H,2-3,5,11-13H2,1H3,(H,19,22)(H,20,24). The second-order valence-corrected chi connectivity index (χ2v) is 5.79. The van der Waals surface area contributed by atoms with E-state index in [2.05, 4.69) is 17.2 Å². The SMILES string of the molecule is C=CCNC(=O)CN1C(=O)NC(CCCC)(c2ccccc2)C1=O. The van der Waals surface area contributed by atoms with Gasteiger partial charge in [0.2, 0.25) is 5.91 Å². The van der Waals surface area contributed by atoms with Gasteiger partial charge in [0.25, 0.3) is 5.91 Å². The van der Waals surface area contributed by atoms with Crippen molar-refractivity contribution in [3.8, 4) is 0 Å². The fourth-order valence-electron chi connectivity index (χ4n) is 2.83. The monoisotopic (exact) mass is 329 g/mol. The molecule has 6 heteroatoms. The average Bonchev–Trinajstić information content (AvgIpc) is 2.84. The van der Waals surface area contributed by atoms with Crippen molar-refractivity contribution in [3.05, 3.63) is 48.6 Å². The van der Waals surface area contributed by atoms with E-state index in [4.69, 9.17) is 0 Å². The Morgan fingerprint density at radius 3 is 2.67 bits per heavy atom. The van der Waals surface area contributed by atoms with Gasteiger partial charge in [-0.25, -0.2) is 4.79 Å². The van der Waals surface area contributed by atoms with Gasteiger partial charge in [-0.3, -0.25) is 14.5 Å². The van der Waals surface area contributed by atoms with Crippen LogP contribution in [0.4, 0.5) is 4.79 Å². The maximum atomic E-state index is 13.0. The number of amides is 4. The highest BCUT2D eigenvalue weighted by Gasteiger charge is 2.52. The van der Waals surface area contributed by atoms with E-state index >= 15 is 0 Å². The second kappa shape index (κ2) is 7.77. The maximum absolute atomic E-state index is 13.0. The van der Waals surface area contributed by atoms with Crippen molar-refractivity contribution >= 4 is 17.8 Å². The number of carbonyl (C=O) groups is 3. The van der Waals surface area contributed by atoms with Crippen molar-refractivity contribution in [1.82, 2.24) is 15.5 Å². The number of unbranched alkanes of at least 4 members (excludes halogenated alkanes) is 1. The summed E-state index contributed by atoms with van der Waals surface area (Å²) in [4.78, 5) is 38.2. The predicted octanol–water partition coefficient (Wildman–Crippen LogP) is 1.93. The van der Waals surface area contributed by atoms with Gasteiger partial charge in [0.1, 0.15) is 12.1 Å². The molecule has 6 nitrogen and oxygen atoms in total. The molecule has 2 rings (SSSR count). The first-order chi connectivity index (χ1) is 11.5. The normalized spacial score (nSPS) is 20.0. The molecule has 1 saturated heterocycles. The highest BCUT2D eigenvalue weighted by molar-refractivity contribution is 6.09. The summed E-state index contributed by atoms with van der Waals surface area (Å²) in [6, 6.07) is 8.65. The topological polar surface area (TPSA) is 78.5 Å². The first-order valence-electron chi connectivity index (χ1n) is 8.12. The van der Waals surface area contributed by atoms with E-state index in [0.717, 1.165) is 23.3 Å². The van der Waals surface area contributed by atoms with Crippen LogP contribution in [0.1, 0.15) is 31.7 Å². The van der Waals surface area contributed by atoms with Crippen molar-refractivity contribution in [2.45, 2.75) is 31.7 Å². The summed E-state index contributed by atoms with van der Waals surface area (Å²) in [7, 11) is 0. The number of imide groups is 1. The molecule has 0 aliphatic carbocycles. The number of carbonyl (C=O) groups excluding carboxylic acids is 3. The zero-order valence-corrected chi connectivity index (χ0v) is 13.9. The molecule has 24 heavy (non-hydrogen) atoms. The molecule has 0 radical (unpaired) electrons. The maximum Gasteiger partial charge on any atom is 0.325 e. The molecule has 1 aliphatic rings. The van der Waals surface area contributed by atoms with Gasteiger partial charge in [-0.2, -0.15) is 0 Å². The van der Waals surface area contributed by atoms with Crippen molar-refractivity contribution in [2.75, 3.05) is 13.1 Å². The van der Waals surface area contributed by atoms with Crippen LogP contribution < -0.4 is 10.6 Å². The lowest BCUT2D eigenvalue weighted by Gasteiger charge is -2.27. The number of nitrogens with zero attached hydrogens (tertiary/aromatic N) is 1. The molecule has 0 bridgehead atoms. The van der Waals surface area contributed by atoms with Gasteiger partial charge in [-0.1, -0.05) is 56.2 Å². The summed E-state index contributed by atoms with van der Waals surface area (Å²) < 4.78 is 0. The number of nitrogens with one attached hydrogen (secondary N) is 2. The fraction of sp³-hybridized carbons (Fsp3) is 0.389. The summed E-state index contributed by atoms with van der Waals surface area (Å²) in [5.41, 5.74) is -0.349. The summed E-state index contributed by atoms with van der Waals surface area (Å²) in [6.07, 6.45) is 3.73. The van der Waals surface area contributed by atoms with Crippen LogP contribution in [0.15, 0.2) is 43.0 Å². The lowest BCUT2D eigenvalue weighted by molar-refractivity contribution is -0.135. The average molecular weight is 329 g/mol. The van der Waals surface area contributed by atoms with Crippen LogP contribution in [0.3, 0.4) is 0 Å². The Labute approximate surface area is 141 Å². The Morgan fingerprint density at radius 1 is 1.33 bits per heavy atom. The molecule has 1 heterocycles. The number of rotatable bonds is 8. The van der Waals surface area contributed by atoms with Crippen molar-refractivity contribution in [1.29, 1.82) is 0 Å².